The molecule has 0 spiro atoms. The second-order valence-corrected chi connectivity index (χ2v) is 3.72. The quantitative estimate of drug-likeness (QED) is 0.712. The van der Waals surface area contributed by atoms with Crippen LogP contribution in [-0.4, -0.2) is 31.1 Å². The van der Waals surface area contributed by atoms with Gasteiger partial charge < -0.3 is 10.1 Å². The van der Waals surface area contributed by atoms with Gasteiger partial charge in [-0.25, -0.2) is 0 Å². The SMILES string of the molecule is CCC(C)C(=O)C1NCCOC1C. The smallest absolute Gasteiger partial charge is 0.155 e. The van der Waals surface area contributed by atoms with Crippen LogP contribution in [0.3, 0.4) is 0 Å². The van der Waals surface area contributed by atoms with Gasteiger partial charge in [0.2, 0.25) is 0 Å². The van der Waals surface area contributed by atoms with E-state index in [1.54, 1.807) is 0 Å². The molecule has 3 nitrogen and oxygen atoms in total. The summed E-state index contributed by atoms with van der Waals surface area (Å²) in [5, 5.41) is 3.21. The van der Waals surface area contributed by atoms with E-state index in [0.717, 1.165) is 13.0 Å². The van der Waals surface area contributed by atoms with Crippen molar-refractivity contribution in [1.82, 2.24) is 5.32 Å². The molecule has 1 heterocycles. The molecule has 1 saturated heterocycles. The maximum atomic E-state index is 11.8. The van der Waals surface area contributed by atoms with Crippen molar-refractivity contribution >= 4 is 5.78 Å². The minimum absolute atomic E-state index is 0.0234. The summed E-state index contributed by atoms with van der Waals surface area (Å²) in [6.07, 6.45) is 0.930. The molecule has 0 bridgehead atoms. The summed E-state index contributed by atoms with van der Waals surface area (Å²) in [5.74, 6) is 0.427. The number of carbonyl (C=O) groups is 1. The molecular formula is C10H19NO2. The van der Waals surface area contributed by atoms with Gasteiger partial charge in [0.15, 0.2) is 5.78 Å². The minimum Gasteiger partial charge on any atom is -0.375 e. The predicted molar refractivity (Wildman–Crippen MR) is 51.7 cm³/mol. The third-order valence-corrected chi connectivity index (χ3v) is 2.72. The fourth-order valence-corrected chi connectivity index (χ4v) is 1.56. The lowest BCUT2D eigenvalue weighted by molar-refractivity contribution is -0.130. The van der Waals surface area contributed by atoms with E-state index in [1.807, 2.05) is 20.8 Å². The summed E-state index contributed by atoms with van der Waals surface area (Å²) in [5.41, 5.74) is 0. The molecule has 1 aliphatic heterocycles. The Morgan fingerprint density at radius 1 is 1.69 bits per heavy atom. The molecule has 0 amide bonds. The van der Waals surface area contributed by atoms with E-state index in [1.165, 1.54) is 0 Å². The average molecular weight is 185 g/mol. The Hall–Kier alpha value is -0.410. The van der Waals surface area contributed by atoms with Crippen LogP contribution in [0.2, 0.25) is 0 Å². The first-order chi connectivity index (χ1) is 6.16. The van der Waals surface area contributed by atoms with Crippen molar-refractivity contribution < 1.29 is 9.53 Å². The predicted octanol–water partition coefficient (Wildman–Crippen LogP) is 0.978. The average Bonchev–Trinajstić information content (AvgIpc) is 2.16. The summed E-state index contributed by atoms with van der Waals surface area (Å²) < 4.78 is 5.42. The van der Waals surface area contributed by atoms with Crippen LogP contribution in [0.25, 0.3) is 0 Å². The van der Waals surface area contributed by atoms with Crippen LogP contribution in [0.15, 0.2) is 0 Å². The van der Waals surface area contributed by atoms with E-state index in [9.17, 15) is 4.79 Å². The first kappa shape index (κ1) is 10.7. The molecular weight excluding hydrogens is 166 g/mol. The first-order valence-corrected chi connectivity index (χ1v) is 5.05. The van der Waals surface area contributed by atoms with Crippen LogP contribution >= 0.6 is 0 Å². The Morgan fingerprint density at radius 3 is 2.92 bits per heavy atom. The van der Waals surface area contributed by atoms with Gasteiger partial charge in [-0.15, -0.1) is 0 Å². The second kappa shape index (κ2) is 4.72. The topological polar surface area (TPSA) is 38.3 Å². The van der Waals surface area contributed by atoms with Gasteiger partial charge in [-0.2, -0.15) is 0 Å². The highest BCUT2D eigenvalue weighted by molar-refractivity contribution is 5.86. The molecule has 0 radical (unpaired) electrons. The van der Waals surface area contributed by atoms with Gasteiger partial charge in [0.1, 0.15) is 0 Å². The highest BCUT2D eigenvalue weighted by Gasteiger charge is 2.30. The molecule has 76 valence electrons. The molecule has 3 unspecified atom stereocenters. The first-order valence-electron chi connectivity index (χ1n) is 5.05. The molecule has 0 aromatic heterocycles. The van der Waals surface area contributed by atoms with E-state index in [4.69, 9.17) is 4.74 Å². The molecule has 3 heteroatoms. The van der Waals surface area contributed by atoms with E-state index < -0.39 is 0 Å². The fraction of sp³-hybridized carbons (Fsp3) is 0.900. The van der Waals surface area contributed by atoms with Gasteiger partial charge >= 0.3 is 0 Å². The Kier molecular flexibility index (Phi) is 3.88. The number of ether oxygens (including phenoxy) is 1. The zero-order valence-electron chi connectivity index (χ0n) is 8.67. The van der Waals surface area contributed by atoms with Crippen molar-refractivity contribution in [2.45, 2.75) is 39.3 Å². The molecule has 1 rings (SSSR count). The maximum absolute atomic E-state index is 11.8. The van der Waals surface area contributed by atoms with E-state index in [0.29, 0.717) is 6.61 Å². The Morgan fingerprint density at radius 2 is 2.38 bits per heavy atom. The molecule has 1 aliphatic rings. The molecule has 1 fully saturated rings. The zero-order valence-corrected chi connectivity index (χ0v) is 8.67. The number of carbonyl (C=O) groups excluding carboxylic acids is 1. The number of hydrogen-bond donors (Lipinski definition) is 1. The molecule has 13 heavy (non-hydrogen) atoms. The van der Waals surface area contributed by atoms with Crippen molar-refractivity contribution in [2.24, 2.45) is 5.92 Å². The van der Waals surface area contributed by atoms with Crippen molar-refractivity contribution in [3.8, 4) is 0 Å². The van der Waals surface area contributed by atoms with Gasteiger partial charge in [0.25, 0.3) is 0 Å². The third-order valence-electron chi connectivity index (χ3n) is 2.72. The van der Waals surface area contributed by atoms with Crippen LogP contribution in [0.5, 0.6) is 0 Å². The van der Waals surface area contributed by atoms with Crippen LogP contribution in [0.1, 0.15) is 27.2 Å². The summed E-state index contributed by atoms with van der Waals surface area (Å²) >= 11 is 0. The fourth-order valence-electron chi connectivity index (χ4n) is 1.56. The molecule has 0 aliphatic carbocycles. The Balaban J connectivity index is 2.53. The van der Waals surface area contributed by atoms with Crippen molar-refractivity contribution in [3.05, 3.63) is 0 Å². The van der Waals surface area contributed by atoms with Crippen LogP contribution < -0.4 is 5.32 Å². The van der Waals surface area contributed by atoms with Gasteiger partial charge in [0, 0.05) is 12.5 Å². The number of nitrogens with one attached hydrogen (secondary N) is 1. The highest BCUT2D eigenvalue weighted by Crippen LogP contribution is 2.12. The van der Waals surface area contributed by atoms with Gasteiger partial charge in [-0.1, -0.05) is 13.8 Å². The van der Waals surface area contributed by atoms with E-state index in [-0.39, 0.29) is 23.8 Å². The normalized spacial score (nSPS) is 31.3. The lowest BCUT2D eigenvalue weighted by Crippen LogP contribution is -2.53. The molecule has 3 atom stereocenters. The number of rotatable bonds is 3. The number of Topliss-reactive ketones (excluding diaryl/α,β-unsaturated/α-hetero) is 1. The van der Waals surface area contributed by atoms with Gasteiger partial charge in [-0.3, -0.25) is 4.79 Å². The standard InChI is InChI=1S/C10H19NO2/c1-4-7(2)10(12)9-8(3)13-6-5-11-9/h7-9,11H,4-6H2,1-3H3. The largest absolute Gasteiger partial charge is 0.375 e. The van der Waals surface area contributed by atoms with Gasteiger partial charge in [0.05, 0.1) is 18.8 Å². The van der Waals surface area contributed by atoms with Crippen LogP contribution in [0, 0.1) is 5.92 Å². The lowest BCUT2D eigenvalue weighted by atomic mass is 9.94. The zero-order chi connectivity index (χ0) is 9.84. The van der Waals surface area contributed by atoms with E-state index in [2.05, 4.69) is 5.32 Å². The minimum atomic E-state index is -0.0938. The second-order valence-electron chi connectivity index (χ2n) is 3.72. The summed E-state index contributed by atoms with van der Waals surface area (Å²) in [6, 6.07) is -0.0938. The summed E-state index contributed by atoms with van der Waals surface area (Å²) in [7, 11) is 0. The Bertz CT molecular complexity index is 182. The lowest BCUT2D eigenvalue weighted by Gasteiger charge is -2.30. The molecule has 0 aromatic carbocycles. The third kappa shape index (κ3) is 2.51. The summed E-state index contributed by atoms with van der Waals surface area (Å²) in [6.45, 7) is 7.47. The van der Waals surface area contributed by atoms with E-state index >= 15 is 0 Å². The van der Waals surface area contributed by atoms with Crippen LogP contribution in [-0.2, 0) is 9.53 Å². The number of morpholine rings is 1. The van der Waals surface area contributed by atoms with Crippen molar-refractivity contribution in [1.29, 1.82) is 0 Å². The van der Waals surface area contributed by atoms with Crippen molar-refractivity contribution in [3.63, 3.8) is 0 Å². The monoisotopic (exact) mass is 185 g/mol. The maximum Gasteiger partial charge on any atom is 0.155 e. The number of ketones is 1. The Labute approximate surface area is 79.8 Å². The highest BCUT2D eigenvalue weighted by atomic mass is 16.5. The molecule has 1 N–H and O–H groups in total. The van der Waals surface area contributed by atoms with Crippen molar-refractivity contribution in [2.75, 3.05) is 13.2 Å². The number of hydrogen-bond acceptors (Lipinski definition) is 3. The summed E-state index contributed by atoms with van der Waals surface area (Å²) in [4.78, 5) is 11.8. The van der Waals surface area contributed by atoms with Gasteiger partial charge in [-0.05, 0) is 13.3 Å². The molecule has 0 aromatic rings. The molecule has 0 saturated carbocycles. The van der Waals surface area contributed by atoms with Crippen LogP contribution in [0.4, 0.5) is 0 Å².